The molecule has 98 valence electrons. The predicted octanol–water partition coefficient (Wildman–Crippen LogP) is 3.50. The van der Waals surface area contributed by atoms with Gasteiger partial charge >= 0.3 is 0 Å². The van der Waals surface area contributed by atoms with Gasteiger partial charge in [-0.1, -0.05) is 60.7 Å². The van der Waals surface area contributed by atoms with Crippen LogP contribution in [0.4, 0.5) is 0 Å². The molecular formula is C18H14O2. The van der Waals surface area contributed by atoms with Gasteiger partial charge in [-0.25, -0.2) is 0 Å². The maximum absolute atomic E-state index is 12.0. The van der Waals surface area contributed by atoms with E-state index in [4.69, 9.17) is 0 Å². The van der Waals surface area contributed by atoms with Gasteiger partial charge < -0.3 is 5.11 Å². The normalized spacial score (nSPS) is 10.6. The molecule has 0 bridgehead atoms. The molecular weight excluding hydrogens is 248 g/mol. The van der Waals surface area contributed by atoms with E-state index in [1.807, 2.05) is 54.6 Å². The van der Waals surface area contributed by atoms with E-state index in [1.54, 1.807) is 6.07 Å². The van der Waals surface area contributed by atoms with Crippen LogP contribution < -0.4 is 5.43 Å². The van der Waals surface area contributed by atoms with Crippen molar-refractivity contribution >= 4 is 10.8 Å². The number of rotatable bonds is 2. The Morgan fingerprint density at radius 3 is 2.30 bits per heavy atom. The first-order valence-corrected chi connectivity index (χ1v) is 6.53. The molecule has 0 aliphatic rings. The summed E-state index contributed by atoms with van der Waals surface area (Å²) in [6.07, 6.45) is 0.675. The molecule has 0 aromatic heterocycles. The summed E-state index contributed by atoms with van der Waals surface area (Å²) in [5, 5.41) is 11.5. The predicted molar refractivity (Wildman–Crippen MR) is 81.1 cm³/mol. The van der Waals surface area contributed by atoms with E-state index in [0.29, 0.717) is 11.8 Å². The maximum Gasteiger partial charge on any atom is 0.221 e. The standard InChI is InChI=1S/C18H14O2/c19-17-12-14(10-13-6-2-1-3-7-13)11-15-8-4-5-9-16(15)18(17)20/h1-9,11-12H,10H2,(H,19,20). The lowest BCUT2D eigenvalue weighted by molar-refractivity contribution is 0.477. The van der Waals surface area contributed by atoms with Gasteiger partial charge in [-0.3, -0.25) is 4.79 Å². The third kappa shape index (κ3) is 2.41. The van der Waals surface area contributed by atoms with Crippen LogP contribution in [0.2, 0.25) is 0 Å². The van der Waals surface area contributed by atoms with Gasteiger partial charge in [-0.15, -0.1) is 0 Å². The molecule has 0 saturated heterocycles. The second kappa shape index (κ2) is 5.17. The number of hydrogen-bond donors (Lipinski definition) is 1. The zero-order chi connectivity index (χ0) is 13.9. The smallest absolute Gasteiger partial charge is 0.221 e. The van der Waals surface area contributed by atoms with Crippen molar-refractivity contribution in [1.29, 1.82) is 0 Å². The second-order valence-corrected chi connectivity index (χ2v) is 4.83. The van der Waals surface area contributed by atoms with Crippen LogP contribution in [0.15, 0.2) is 71.5 Å². The van der Waals surface area contributed by atoms with E-state index >= 15 is 0 Å². The third-order valence-corrected chi connectivity index (χ3v) is 3.36. The van der Waals surface area contributed by atoms with Crippen LogP contribution in [0, 0.1) is 0 Å². The van der Waals surface area contributed by atoms with Gasteiger partial charge in [0.15, 0.2) is 5.75 Å². The van der Waals surface area contributed by atoms with Crippen molar-refractivity contribution in [2.45, 2.75) is 6.42 Å². The first-order chi connectivity index (χ1) is 9.74. The molecule has 0 spiro atoms. The van der Waals surface area contributed by atoms with Gasteiger partial charge in [0.05, 0.1) is 0 Å². The van der Waals surface area contributed by atoms with Gasteiger partial charge in [0, 0.05) is 5.39 Å². The monoisotopic (exact) mass is 262 g/mol. The average molecular weight is 262 g/mol. The molecule has 3 aromatic carbocycles. The van der Waals surface area contributed by atoms with Crippen molar-refractivity contribution in [3.63, 3.8) is 0 Å². The Morgan fingerprint density at radius 2 is 1.50 bits per heavy atom. The zero-order valence-electron chi connectivity index (χ0n) is 10.9. The highest BCUT2D eigenvalue weighted by Crippen LogP contribution is 2.21. The van der Waals surface area contributed by atoms with Gasteiger partial charge in [-0.05, 0) is 29.0 Å². The van der Waals surface area contributed by atoms with E-state index < -0.39 is 0 Å². The molecule has 2 nitrogen and oxygen atoms in total. The van der Waals surface area contributed by atoms with Crippen molar-refractivity contribution in [2.24, 2.45) is 0 Å². The third-order valence-electron chi connectivity index (χ3n) is 3.36. The largest absolute Gasteiger partial charge is 0.504 e. The van der Waals surface area contributed by atoms with E-state index in [-0.39, 0.29) is 11.2 Å². The molecule has 20 heavy (non-hydrogen) atoms. The molecule has 0 aliphatic heterocycles. The van der Waals surface area contributed by atoms with E-state index in [9.17, 15) is 9.90 Å². The lowest BCUT2D eigenvalue weighted by atomic mass is 10.1. The van der Waals surface area contributed by atoms with Crippen molar-refractivity contribution in [3.8, 4) is 5.75 Å². The minimum absolute atomic E-state index is 0.181. The molecule has 0 amide bonds. The Balaban J connectivity index is 2.18. The number of hydrogen-bond acceptors (Lipinski definition) is 2. The first-order valence-electron chi connectivity index (χ1n) is 6.53. The Labute approximate surface area is 117 Å². The molecule has 0 unspecified atom stereocenters. The van der Waals surface area contributed by atoms with Gasteiger partial charge in [0.1, 0.15) is 0 Å². The van der Waals surface area contributed by atoms with Crippen molar-refractivity contribution in [3.05, 3.63) is 88.1 Å². The number of benzene rings is 2. The number of fused-ring (bicyclic) bond motifs is 1. The molecule has 0 heterocycles. The van der Waals surface area contributed by atoms with Crippen LogP contribution in [0.3, 0.4) is 0 Å². The molecule has 2 heteroatoms. The SMILES string of the molecule is O=c1cc(Cc2ccccc2)cc2ccccc2c1O. The van der Waals surface area contributed by atoms with E-state index in [2.05, 4.69) is 0 Å². The second-order valence-electron chi connectivity index (χ2n) is 4.83. The minimum atomic E-state index is -0.336. The molecule has 0 atom stereocenters. The van der Waals surface area contributed by atoms with Crippen LogP contribution in [0.5, 0.6) is 5.75 Å². The van der Waals surface area contributed by atoms with Crippen molar-refractivity contribution in [2.75, 3.05) is 0 Å². The highest BCUT2D eigenvalue weighted by molar-refractivity contribution is 5.87. The lowest BCUT2D eigenvalue weighted by Gasteiger charge is -1.99. The van der Waals surface area contributed by atoms with Gasteiger partial charge in [-0.2, -0.15) is 0 Å². The Kier molecular flexibility index (Phi) is 3.21. The Hall–Kier alpha value is -2.61. The van der Waals surface area contributed by atoms with Crippen molar-refractivity contribution < 1.29 is 5.11 Å². The van der Waals surface area contributed by atoms with Gasteiger partial charge in [0.25, 0.3) is 0 Å². The molecule has 3 aromatic rings. The molecule has 1 N–H and O–H groups in total. The molecule has 0 aliphatic carbocycles. The summed E-state index contributed by atoms with van der Waals surface area (Å²) in [6.45, 7) is 0. The molecule has 3 rings (SSSR count). The quantitative estimate of drug-likeness (QED) is 0.767. The summed E-state index contributed by atoms with van der Waals surface area (Å²) in [6, 6.07) is 20.8. The van der Waals surface area contributed by atoms with Crippen LogP contribution in [0.25, 0.3) is 10.8 Å². The molecule has 0 saturated carbocycles. The fraction of sp³-hybridized carbons (Fsp3) is 0.0556. The van der Waals surface area contributed by atoms with Crippen LogP contribution in [-0.2, 0) is 6.42 Å². The zero-order valence-corrected chi connectivity index (χ0v) is 10.9. The highest BCUT2D eigenvalue weighted by atomic mass is 16.3. The topological polar surface area (TPSA) is 37.3 Å². The van der Waals surface area contributed by atoms with Crippen LogP contribution in [-0.4, -0.2) is 5.11 Å². The summed E-state index contributed by atoms with van der Waals surface area (Å²) in [5.41, 5.74) is 1.71. The Morgan fingerprint density at radius 1 is 0.800 bits per heavy atom. The summed E-state index contributed by atoms with van der Waals surface area (Å²) in [4.78, 5) is 12.0. The highest BCUT2D eigenvalue weighted by Gasteiger charge is 2.04. The fourth-order valence-electron chi connectivity index (χ4n) is 2.38. The summed E-state index contributed by atoms with van der Waals surface area (Å²) in [5.74, 6) is -0.181. The first kappa shape index (κ1) is 12.4. The molecule has 0 radical (unpaired) electrons. The van der Waals surface area contributed by atoms with Gasteiger partial charge in [0.2, 0.25) is 5.43 Å². The molecule has 0 fully saturated rings. The van der Waals surface area contributed by atoms with Crippen molar-refractivity contribution in [1.82, 2.24) is 0 Å². The number of aromatic hydroxyl groups is 1. The van der Waals surface area contributed by atoms with E-state index in [1.165, 1.54) is 6.07 Å². The lowest BCUT2D eigenvalue weighted by Crippen LogP contribution is -1.96. The van der Waals surface area contributed by atoms with Crippen LogP contribution >= 0.6 is 0 Å². The Bertz CT molecular complexity index is 808. The fourth-order valence-corrected chi connectivity index (χ4v) is 2.38. The van der Waals surface area contributed by atoms with E-state index in [0.717, 1.165) is 16.5 Å². The average Bonchev–Trinajstić information content (AvgIpc) is 2.58. The summed E-state index contributed by atoms with van der Waals surface area (Å²) < 4.78 is 0. The maximum atomic E-state index is 12.0. The summed E-state index contributed by atoms with van der Waals surface area (Å²) in [7, 11) is 0. The summed E-state index contributed by atoms with van der Waals surface area (Å²) >= 11 is 0. The van der Waals surface area contributed by atoms with Crippen LogP contribution in [0.1, 0.15) is 11.1 Å². The minimum Gasteiger partial charge on any atom is -0.504 e.